The molecule has 0 aromatic heterocycles. The van der Waals surface area contributed by atoms with Gasteiger partial charge in [-0.3, -0.25) is 4.79 Å². The minimum atomic E-state index is 0. The SMILES string of the molecule is CCCN(C(=O)COc1ccc(C)cc1C)C1CCNCC1.Cl. The van der Waals surface area contributed by atoms with Gasteiger partial charge < -0.3 is 15.0 Å². The molecule has 1 aliphatic rings. The molecular formula is C18H29ClN2O2. The third-order valence-electron chi connectivity index (χ3n) is 4.22. The van der Waals surface area contributed by atoms with Crippen LogP contribution in [-0.2, 0) is 4.79 Å². The fraction of sp³-hybridized carbons (Fsp3) is 0.611. The van der Waals surface area contributed by atoms with Crippen LogP contribution in [0.3, 0.4) is 0 Å². The number of piperidine rings is 1. The summed E-state index contributed by atoms with van der Waals surface area (Å²) >= 11 is 0. The Bertz CT molecular complexity index is 502. The third-order valence-corrected chi connectivity index (χ3v) is 4.22. The standard InChI is InChI=1S/C18H28N2O2.ClH/c1-4-11-20(16-7-9-19-10-8-16)18(21)13-22-17-6-5-14(2)12-15(17)3;/h5-6,12,16,19H,4,7-11,13H2,1-3H3;1H. The molecule has 1 N–H and O–H groups in total. The van der Waals surface area contributed by atoms with Gasteiger partial charge in [-0.15, -0.1) is 12.4 Å². The number of carbonyl (C=O) groups is 1. The predicted octanol–water partition coefficient (Wildman–Crippen LogP) is 3.09. The smallest absolute Gasteiger partial charge is 0.260 e. The third kappa shape index (κ3) is 5.70. The van der Waals surface area contributed by atoms with Crippen molar-refractivity contribution in [2.24, 2.45) is 0 Å². The summed E-state index contributed by atoms with van der Waals surface area (Å²) in [4.78, 5) is 14.6. The molecule has 1 amide bonds. The Balaban J connectivity index is 0.00000264. The van der Waals surface area contributed by atoms with Gasteiger partial charge in [0.25, 0.3) is 5.91 Å². The van der Waals surface area contributed by atoms with Gasteiger partial charge in [-0.05, 0) is 57.8 Å². The Kier molecular flexibility index (Phi) is 8.42. The van der Waals surface area contributed by atoms with E-state index in [2.05, 4.69) is 25.2 Å². The topological polar surface area (TPSA) is 41.6 Å². The Morgan fingerprint density at radius 1 is 1.30 bits per heavy atom. The van der Waals surface area contributed by atoms with Crippen LogP contribution in [0.25, 0.3) is 0 Å². The van der Waals surface area contributed by atoms with E-state index in [0.717, 1.165) is 50.2 Å². The fourth-order valence-corrected chi connectivity index (χ4v) is 3.05. The second-order valence-corrected chi connectivity index (χ2v) is 6.13. The van der Waals surface area contributed by atoms with Crippen molar-refractivity contribution < 1.29 is 9.53 Å². The van der Waals surface area contributed by atoms with Gasteiger partial charge in [-0.25, -0.2) is 0 Å². The summed E-state index contributed by atoms with van der Waals surface area (Å²) < 4.78 is 5.76. The first kappa shape index (κ1) is 19.8. The summed E-state index contributed by atoms with van der Waals surface area (Å²) in [6.45, 7) is 9.14. The molecule has 1 aromatic rings. The van der Waals surface area contributed by atoms with Crippen molar-refractivity contribution in [3.63, 3.8) is 0 Å². The number of amides is 1. The molecule has 0 atom stereocenters. The highest BCUT2D eigenvalue weighted by Gasteiger charge is 2.24. The lowest BCUT2D eigenvalue weighted by molar-refractivity contribution is -0.136. The molecule has 0 aliphatic carbocycles. The van der Waals surface area contributed by atoms with Crippen molar-refractivity contribution in [2.45, 2.75) is 46.1 Å². The summed E-state index contributed by atoms with van der Waals surface area (Å²) in [6, 6.07) is 6.41. The van der Waals surface area contributed by atoms with E-state index in [1.807, 2.05) is 24.0 Å². The Labute approximate surface area is 146 Å². The van der Waals surface area contributed by atoms with Gasteiger partial charge in [0, 0.05) is 12.6 Å². The van der Waals surface area contributed by atoms with Gasteiger partial charge >= 0.3 is 0 Å². The number of benzene rings is 1. The molecule has 2 rings (SSSR count). The second kappa shape index (κ2) is 9.78. The first-order valence-corrected chi connectivity index (χ1v) is 8.32. The summed E-state index contributed by atoms with van der Waals surface area (Å²) in [5.41, 5.74) is 2.29. The zero-order valence-electron chi connectivity index (χ0n) is 14.4. The number of hydrogen-bond acceptors (Lipinski definition) is 3. The van der Waals surface area contributed by atoms with Crippen LogP contribution in [0.5, 0.6) is 5.75 Å². The monoisotopic (exact) mass is 340 g/mol. The van der Waals surface area contributed by atoms with Crippen LogP contribution < -0.4 is 10.1 Å². The number of carbonyl (C=O) groups excluding carboxylic acids is 1. The van der Waals surface area contributed by atoms with E-state index < -0.39 is 0 Å². The number of halogens is 1. The van der Waals surface area contributed by atoms with Gasteiger partial charge in [0.05, 0.1) is 0 Å². The number of nitrogens with zero attached hydrogens (tertiary/aromatic N) is 1. The quantitative estimate of drug-likeness (QED) is 0.865. The molecule has 0 saturated carbocycles. The molecule has 1 saturated heterocycles. The van der Waals surface area contributed by atoms with E-state index in [9.17, 15) is 4.79 Å². The Morgan fingerprint density at radius 3 is 2.61 bits per heavy atom. The molecule has 1 aromatic carbocycles. The van der Waals surface area contributed by atoms with Crippen LogP contribution in [0.4, 0.5) is 0 Å². The number of hydrogen-bond donors (Lipinski definition) is 1. The van der Waals surface area contributed by atoms with Gasteiger partial charge in [0.15, 0.2) is 6.61 Å². The molecule has 23 heavy (non-hydrogen) atoms. The molecular weight excluding hydrogens is 312 g/mol. The molecule has 1 fully saturated rings. The lowest BCUT2D eigenvalue weighted by Crippen LogP contribution is -2.48. The number of aryl methyl sites for hydroxylation is 2. The number of ether oxygens (including phenoxy) is 1. The normalized spacial score (nSPS) is 14.9. The molecule has 1 heterocycles. The first-order valence-electron chi connectivity index (χ1n) is 8.32. The lowest BCUT2D eigenvalue weighted by atomic mass is 10.0. The average molecular weight is 341 g/mol. The highest BCUT2D eigenvalue weighted by atomic mass is 35.5. The molecule has 5 heteroatoms. The zero-order valence-corrected chi connectivity index (χ0v) is 15.2. The largest absolute Gasteiger partial charge is 0.484 e. The summed E-state index contributed by atoms with van der Waals surface area (Å²) in [6.07, 6.45) is 3.06. The van der Waals surface area contributed by atoms with Gasteiger partial charge in [0.2, 0.25) is 0 Å². The molecule has 0 bridgehead atoms. The van der Waals surface area contributed by atoms with Crippen molar-refractivity contribution in [3.05, 3.63) is 29.3 Å². The van der Waals surface area contributed by atoms with Crippen molar-refractivity contribution in [1.29, 1.82) is 0 Å². The predicted molar refractivity (Wildman–Crippen MR) is 96.6 cm³/mol. The highest BCUT2D eigenvalue weighted by molar-refractivity contribution is 5.85. The molecule has 0 radical (unpaired) electrons. The van der Waals surface area contributed by atoms with Crippen LogP contribution in [0.2, 0.25) is 0 Å². The maximum absolute atomic E-state index is 12.6. The van der Waals surface area contributed by atoms with E-state index in [4.69, 9.17) is 4.74 Å². The molecule has 0 spiro atoms. The fourth-order valence-electron chi connectivity index (χ4n) is 3.05. The molecule has 4 nitrogen and oxygen atoms in total. The van der Waals surface area contributed by atoms with E-state index >= 15 is 0 Å². The lowest BCUT2D eigenvalue weighted by Gasteiger charge is -2.34. The highest BCUT2D eigenvalue weighted by Crippen LogP contribution is 2.19. The van der Waals surface area contributed by atoms with Gasteiger partial charge in [-0.2, -0.15) is 0 Å². The molecule has 0 unspecified atom stereocenters. The van der Waals surface area contributed by atoms with Crippen molar-refractivity contribution >= 4 is 18.3 Å². The summed E-state index contributed by atoms with van der Waals surface area (Å²) in [7, 11) is 0. The van der Waals surface area contributed by atoms with Crippen molar-refractivity contribution in [3.8, 4) is 5.75 Å². The average Bonchev–Trinajstić information content (AvgIpc) is 2.52. The van der Waals surface area contributed by atoms with E-state index in [1.54, 1.807) is 0 Å². The van der Waals surface area contributed by atoms with Gasteiger partial charge in [-0.1, -0.05) is 24.6 Å². The van der Waals surface area contributed by atoms with Crippen LogP contribution in [0.15, 0.2) is 18.2 Å². The maximum Gasteiger partial charge on any atom is 0.260 e. The van der Waals surface area contributed by atoms with Crippen LogP contribution >= 0.6 is 12.4 Å². The summed E-state index contributed by atoms with van der Waals surface area (Å²) in [5.74, 6) is 0.912. The molecule has 1 aliphatic heterocycles. The number of nitrogens with one attached hydrogen (secondary N) is 1. The van der Waals surface area contributed by atoms with Crippen molar-refractivity contribution in [2.75, 3.05) is 26.2 Å². The van der Waals surface area contributed by atoms with Crippen molar-refractivity contribution in [1.82, 2.24) is 10.2 Å². The number of rotatable bonds is 6. The minimum absolute atomic E-state index is 0. The minimum Gasteiger partial charge on any atom is -0.484 e. The van der Waals surface area contributed by atoms with Crippen LogP contribution in [-0.4, -0.2) is 43.1 Å². The van der Waals surface area contributed by atoms with E-state index in [-0.39, 0.29) is 24.9 Å². The second-order valence-electron chi connectivity index (χ2n) is 6.13. The molecule has 130 valence electrons. The Morgan fingerprint density at radius 2 is 2.00 bits per heavy atom. The van der Waals surface area contributed by atoms with E-state index in [0.29, 0.717) is 6.04 Å². The van der Waals surface area contributed by atoms with Gasteiger partial charge in [0.1, 0.15) is 5.75 Å². The maximum atomic E-state index is 12.6. The Hall–Kier alpha value is -1.26. The van der Waals surface area contributed by atoms with E-state index in [1.165, 1.54) is 5.56 Å². The summed E-state index contributed by atoms with van der Waals surface area (Å²) in [5, 5.41) is 3.35. The first-order chi connectivity index (χ1) is 10.6. The van der Waals surface area contributed by atoms with Crippen LogP contribution in [0.1, 0.15) is 37.3 Å². The van der Waals surface area contributed by atoms with Crippen LogP contribution in [0, 0.1) is 13.8 Å². The zero-order chi connectivity index (χ0) is 15.9.